The Kier molecular flexibility index (Phi) is 5.37. The van der Waals surface area contributed by atoms with E-state index in [9.17, 15) is 0 Å². The molecule has 0 unspecified atom stereocenters. The average molecular weight is 345 g/mol. The van der Waals surface area contributed by atoms with Gasteiger partial charge in [0.25, 0.3) is 0 Å². The topological polar surface area (TPSA) is 94.1 Å². The fourth-order valence-corrected chi connectivity index (χ4v) is 3.00. The normalized spacial score (nSPS) is 16.1. The van der Waals surface area contributed by atoms with Gasteiger partial charge >= 0.3 is 6.01 Å². The SMILES string of the molecule is CCOc1nc(C)c(N)c(NCc2cnn(C3CCN(C)CC3)c2)n1. The smallest absolute Gasteiger partial charge is 0.318 e. The highest BCUT2D eigenvalue weighted by Gasteiger charge is 2.19. The molecule has 0 atom stereocenters. The highest BCUT2D eigenvalue weighted by molar-refractivity contribution is 5.64. The first-order chi connectivity index (χ1) is 12.1. The first-order valence-electron chi connectivity index (χ1n) is 8.79. The van der Waals surface area contributed by atoms with Crippen LogP contribution in [0.4, 0.5) is 11.5 Å². The van der Waals surface area contributed by atoms with Gasteiger partial charge in [0.2, 0.25) is 0 Å². The summed E-state index contributed by atoms with van der Waals surface area (Å²) in [5.74, 6) is 0.600. The van der Waals surface area contributed by atoms with Crippen LogP contribution in [0.2, 0.25) is 0 Å². The lowest BCUT2D eigenvalue weighted by Crippen LogP contribution is -2.31. The number of nitrogens with two attached hydrogens (primary N) is 1. The van der Waals surface area contributed by atoms with Crippen molar-refractivity contribution in [3.63, 3.8) is 0 Å². The van der Waals surface area contributed by atoms with Gasteiger partial charge in [-0.05, 0) is 46.8 Å². The van der Waals surface area contributed by atoms with Gasteiger partial charge in [-0.3, -0.25) is 4.68 Å². The van der Waals surface area contributed by atoms with E-state index in [-0.39, 0.29) is 0 Å². The van der Waals surface area contributed by atoms with Gasteiger partial charge in [0, 0.05) is 18.3 Å². The Morgan fingerprint density at radius 2 is 2.08 bits per heavy atom. The Hall–Kier alpha value is -2.35. The number of hydrogen-bond donors (Lipinski definition) is 2. The number of hydrogen-bond acceptors (Lipinski definition) is 7. The van der Waals surface area contributed by atoms with E-state index in [0.29, 0.717) is 42.4 Å². The van der Waals surface area contributed by atoms with Crippen molar-refractivity contribution in [1.82, 2.24) is 24.6 Å². The van der Waals surface area contributed by atoms with Gasteiger partial charge < -0.3 is 20.7 Å². The number of aromatic nitrogens is 4. The Balaban J connectivity index is 1.64. The van der Waals surface area contributed by atoms with Gasteiger partial charge in [-0.25, -0.2) is 0 Å². The minimum atomic E-state index is 0.346. The molecule has 0 saturated carbocycles. The molecule has 1 aliphatic rings. The molecule has 0 spiro atoms. The zero-order valence-electron chi connectivity index (χ0n) is 15.2. The third kappa shape index (κ3) is 4.19. The van der Waals surface area contributed by atoms with Gasteiger partial charge in [0.05, 0.1) is 30.2 Å². The molecule has 136 valence electrons. The van der Waals surface area contributed by atoms with E-state index < -0.39 is 0 Å². The molecule has 3 rings (SSSR count). The molecule has 1 saturated heterocycles. The number of anilines is 2. The summed E-state index contributed by atoms with van der Waals surface area (Å²) in [6.45, 7) is 7.12. The average Bonchev–Trinajstić information content (AvgIpc) is 3.06. The van der Waals surface area contributed by atoms with Gasteiger partial charge in [0.15, 0.2) is 5.82 Å². The second-order valence-corrected chi connectivity index (χ2v) is 6.50. The maximum Gasteiger partial charge on any atom is 0.318 e. The van der Waals surface area contributed by atoms with Crippen molar-refractivity contribution in [1.29, 1.82) is 0 Å². The molecule has 8 heteroatoms. The maximum absolute atomic E-state index is 6.08. The third-order valence-corrected chi connectivity index (χ3v) is 4.57. The fourth-order valence-electron chi connectivity index (χ4n) is 3.00. The van der Waals surface area contributed by atoms with Crippen LogP contribution in [-0.4, -0.2) is 51.4 Å². The number of aryl methyl sites for hydroxylation is 1. The van der Waals surface area contributed by atoms with Crippen LogP contribution in [0.25, 0.3) is 0 Å². The highest BCUT2D eigenvalue weighted by Crippen LogP contribution is 2.23. The molecule has 3 heterocycles. The largest absolute Gasteiger partial charge is 0.464 e. The summed E-state index contributed by atoms with van der Waals surface area (Å²) in [5, 5.41) is 7.81. The summed E-state index contributed by atoms with van der Waals surface area (Å²) in [4.78, 5) is 10.9. The number of piperidine rings is 1. The van der Waals surface area contributed by atoms with E-state index in [4.69, 9.17) is 10.5 Å². The van der Waals surface area contributed by atoms with E-state index in [1.807, 2.05) is 20.0 Å². The number of nitrogen functional groups attached to an aromatic ring is 1. The predicted molar refractivity (Wildman–Crippen MR) is 97.7 cm³/mol. The number of likely N-dealkylation sites (tertiary alicyclic amines) is 1. The molecule has 1 fully saturated rings. The zero-order valence-corrected chi connectivity index (χ0v) is 15.2. The predicted octanol–water partition coefficient (Wildman–Crippen LogP) is 1.84. The summed E-state index contributed by atoms with van der Waals surface area (Å²) < 4.78 is 7.48. The Labute approximate surface area is 148 Å². The lowest BCUT2D eigenvalue weighted by atomic mass is 10.1. The lowest BCUT2D eigenvalue weighted by molar-refractivity contribution is 0.212. The van der Waals surface area contributed by atoms with Crippen molar-refractivity contribution in [3.05, 3.63) is 23.7 Å². The Morgan fingerprint density at radius 3 is 2.80 bits per heavy atom. The van der Waals surface area contributed by atoms with Crippen molar-refractivity contribution in [2.24, 2.45) is 0 Å². The van der Waals surface area contributed by atoms with Crippen LogP contribution in [0.1, 0.15) is 37.1 Å². The summed E-state index contributed by atoms with van der Waals surface area (Å²) in [5.41, 5.74) is 8.44. The van der Waals surface area contributed by atoms with Gasteiger partial charge in [-0.1, -0.05) is 0 Å². The van der Waals surface area contributed by atoms with Crippen LogP contribution < -0.4 is 15.8 Å². The van der Waals surface area contributed by atoms with E-state index in [1.54, 1.807) is 0 Å². The molecule has 0 aromatic carbocycles. The summed E-state index contributed by atoms with van der Waals surface area (Å²) in [6.07, 6.45) is 6.29. The molecular weight excluding hydrogens is 318 g/mol. The quantitative estimate of drug-likeness (QED) is 0.825. The zero-order chi connectivity index (χ0) is 17.8. The van der Waals surface area contributed by atoms with Crippen LogP contribution in [0, 0.1) is 6.92 Å². The molecule has 0 amide bonds. The van der Waals surface area contributed by atoms with E-state index in [2.05, 4.69) is 43.2 Å². The van der Waals surface area contributed by atoms with Gasteiger partial charge in [-0.15, -0.1) is 0 Å². The molecule has 2 aromatic heterocycles. The summed E-state index contributed by atoms with van der Waals surface area (Å²) >= 11 is 0. The minimum Gasteiger partial charge on any atom is -0.464 e. The maximum atomic E-state index is 6.08. The lowest BCUT2D eigenvalue weighted by Gasteiger charge is -2.28. The molecule has 8 nitrogen and oxygen atoms in total. The molecule has 0 radical (unpaired) electrons. The number of ether oxygens (including phenoxy) is 1. The molecule has 2 aromatic rings. The second-order valence-electron chi connectivity index (χ2n) is 6.50. The minimum absolute atomic E-state index is 0.346. The molecular formula is C17H27N7O. The summed E-state index contributed by atoms with van der Waals surface area (Å²) in [7, 11) is 2.17. The molecule has 1 aliphatic heterocycles. The van der Waals surface area contributed by atoms with Crippen molar-refractivity contribution in [3.8, 4) is 6.01 Å². The van der Waals surface area contributed by atoms with Crippen LogP contribution in [-0.2, 0) is 6.54 Å². The van der Waals surface area contributed by atoms with E-state index in [1.165, 1.54) is 0 Å². The van der Waals surface area contributed by atoms with Gasteiger partial charge in [-0.2, -0.15) is 15.1 Å². The summed E-state index contributed by atoms with van der Waals surface area (Å²) in [6, 6.07) is 0.833. The fraction of sp³-hybridized carbons (Fsp3) is 0.588. The van der Waals surface area contributed by atoms with Crippen LogP contribution >= 0.6 is 0 Å². The molecule has 3 N–H and O–H groups in total. The van der Waals surface area contributed by atoms with Crippen molar-refractivity contribution >= 4 is 11.5 Å². The monoisotopic (exact) mass is 345 g/mol. The molecule has 0 bridgehead atoms. The van der Waals surface area contributed by atoms with Gasteiger partial charge in [0.1, 0.15) is 0 Å². The molecule has 0 aliphatic carbocycles. The first-order valence-corrected chi connectivity index (χ1v) is 8.79. The Bertz CT molecular complexity index is 707. The number of nitrogens with zero attached hydrogens (tertiary/aromatic N) is 5. The highest BCUT2D eigenvalue weighted by atomic mass is 16.5. The van der Waals surface area contributed by atoms with Crippen LogP contribution in [0.5, 0.6) is 6.01 Å². The van der Waals surface area contributed by atoms with Crippen molar-refractivity contribution < 1.29 is 4.74 Å². The van der Waals surface area contributed by atoms with Crippen LogP contribution in [0.3, 0.4) is 0 Å². The van der Waals surface area contributed by atoms with E-state index >= 15 is 0 Å². The standard InChI is InChI=1S/C17H27N7O/c1-4-25-17-21-12(2)15(18)16(22-17)19-9-13-10-20-24(11-13)14-5-7-23(3)8-6-14/h10-11,14H,4-9,18H2,1-3H3,(H,19,21,22). The third-order valence-electron chi connectivity index (χ3n) is 4.57. The van der Waals surface area contributed by atoms with Crippen molar-refractivity contribution in [2.45, 2.75) is 39.3 Å². The number of nitrogens with one attached hydrogen (secondary N) is 1. The Morgan fingerprint density at radius 1 is 1.32 bits per heavy atom. The number of rotatable bonds is 6. The second kappa shape index (κ2) is 7.69. The van der Waals surface area contributed by atoms with Crippen molar-refractivity contribution in [2.75, 3.05) is 37.8 Å². The molecule has 25 heavy (non-hydrogen) atoms. The first kappa shape index (κ1) is 17.5. The van der Waals surface area contributed by atoms with Crippen LogP contribution in [0.15, 0.2) is 12.4 Å². The van der Waals surface area contributed by atoms with E-state index in [0.717, 1.165) is 31.5 Å².